The third kappa shape index (κ3) is 5.82. The normalized spacial score (nSPS) is 12.6. The molecule has 0 amide bonds. The van der Waals surface area contributed by atoms with Gasteiger partial charge in [0.2, 0.25) is 0 Å². The maximum atomic E-state index is 13.7. The van der Waals surface area contributed by atoms with Crippen molar-refractivity contribution in [1.29, 1.82) is 0 Å². The Balaban J connectivity index is 1.68. The van der Waals surface area contributed by atoms with E-state index in [2.05, 4.69) is 112 Å². The van der Waals surface area contributed by atoms with Gasteiger partial charge in [-0.25, -0.2) is 0 Å². The molecule has 2 aromatic heterocycles. The average Bonchev–Trinajstić information content (AvgIpc) is 3.13. The molecule has 0 aliphatic rings. The molecule has 36 heavy (non-hydrogen) atoms. The van der Waals surface area contributed by atoms with Crippen LogP contribution in [0, 0.1) is 0 Å². The van der Waals surface area contributed by atoms with Gasteiger partial charge in [-0.15, -0.1) is 5.75 Å². The molecule has 4 heteroatoms. The lowest BCUT2D eigenvalue weighted by Crippen LogP contribution is -2.28. The van der Waals surface area contributed by atoms with Crippen LogP contribution in [0.15, 0.2) is 67.0 Å². The van der Waals surface area contributed by atoms with Crippen molar-refractivity contribution in [2.75, 3.05) is 6.54 Å². The highest BCUT2D eigenvalue weighted by Gasteiger charge is 2.23. The molecule has 0 bridgehead atoms. The standard InChI is InChI=1S/C32H41N3O/c1-31(2,3)25-18-24(30(36)28(19-25)32(4,5)6)21-35(22-26-12-10-11-16-33-26)17-15-23-20-34(7)29-14-9-8-13-27(23)29/h8-14,16,18-20,36H,15,17,21-22H2,1-7H3/p-1. The average molecular weight is 483 g/mol. The van der Waals surface area contributed by atoms with E-state index in [0.29, 0.717) is 13.1 Å². The van der Waals surface area contributed by atoms with E-state index in [1.165, 1.54) is 22.0 Å². The Bertz CT molecular complexity index is 1320. The number of para-hydroxylation sites is 1. The molecule has 0 saturated heterocycles. The first kappa shape index (κ1) is 26.0. The molecule has 0 N–H and O–H groups in total. The van der Waals surface area contributed by atoms with Crippen LogP contribution < -0.4 is 5.11 Å². The van der Waals surface area contributed by atoms with Crippen molar-refractivity contribution in [3.63, 3.8) is 0 Å². The second-order valence-electron chi connectivity index (χ2n) is 12.1. The number of hydrogen-bond acceptors (Lipinski definition) is 3. The first-order chi connectivity index (χ1) is 16.9. The highest BCUT2D eigenvalue weighted by Crippen LogP contribution is 2.37. The molecule has 4 aromatic rings. The summed E-state index contributed by atoms with van der Waals surface area (Å²) >= 11 is 0. The summed E-state index contributed by atoms with van der Waals surface area (Å²) in [6, 6.07) is 18.9. The summed E-state index contributed by atoms with van der Waals surface area (Å²) in [5.74, 6) is 0.173. The van der Waals surface area contributed by atoms with E-state index in [1.807, 2.05) is 18.3 Å². The first-order valence-electron chi connectivity index (χ1n) is 12.9. The fourth-order valence-electron chi connectivity index (χ4n) is 4.88. The molecule has 0 aliphatic heterocycles. The molecule has 4 nitrogen and oxygen atoms in total. The molecule has 2 aromatic carbocycles. The Labute approximate surface area is 216 Å². The summed E-state index contributed by atoms with van der Waals surface area (Å²) < 4.78 is 2.20. The van der Waals surface area contributed by atoms with Crippen LogP contribution in [0.5, 0.6) is 5.75 Å². The van der Waals surface area contributed by atoms with Crippen LogP contribution >= 0.6 is 0 Å². The summed E-state index contributed by atoms with van der Waals surface area (Å²) in [7, 11) is 2.10. The van der Waals surface area contributed by atoms with Crippen LogP contribution in [0.3, 0.4) is 0 Å². The van der Waals surface area contributed by atoms with Gasteiger partial charge in [0.1, 0.15) is 0 Å². The van der Waals surface area contributed by atoms with Gasteiger partial charge in [0.15, 0.2) is 0 Å². The lowest BCUT2D eigenvalue weighted by atomic mass is 9.79. The summed E-state index contributed by atoms with van der Waals surface area (Å²) in [5, 5.41) is 15.0. The van der Waals surface area contributed by atoms with Crippen LogP contribution in [-0.2, 0) is 37.4 Å². The third-order valence-corrected chi connectivity index (χ3v) is 7.02. The van der Waals surface area contributed by atoms with Crippen molar-refractivity contribution in [1.82, 2.24) is 14.5 Å². The molecular weight excluding hydrogens is 442 g/mol. The second kappa shape index (κ2) is 10.1. The third-order valence-electron chi connectivity index (χ3n) is 7.02. The van der Waals surface area contributed by atoms with E-state index in [0.717, 1.165) is 29.8 Å². The van der Waals surface area contributed by atoms with Crippen molar-refractivity contribution < 1.29 is 5.11 Å². The van der Waals surface area contributed by atoms with Crippen LogP contribution in [0.1, 0.15) is 69.5 Å². The monoisotopic (exact) mass is 482 g/mol. The van der Waals surface area contributed by atoms with E-state index < -0.39 is 0 Å². The van der Waals surface area contributed by atoms with Gasteiger partial charge in [0, 0.05) is 50.0 Å². The Hall–Kier alpha value is -3.11. The minimum atomic E-state index is -0.206. The second-order valence-corrected chi connectivity index (χ2v) is 12.1. The van der Waals surface area contributed by atoms with E-state index in [9.17, 15) is 5.11 Å². The fourth-order valence-corrected chi connectivity index (χ4v) is 4.88. The lowest BCUT2D eigenvalue weighted by molar-refractivity contribution is -0.271. The van der Waals surface area contributed by atoms with Crippen molar-refractivity contribution >= 4 is 10.9 Å². The van der Waals surface area contributed by atoms with Crippen molar-refractivity contribution in [3.05, 3.63) is 94.9 Å². The van der Waals surface area contributed by atoms with Gasteiger partial charge in [-0.3, -0.25) is 9.88 Å². The highest BCUT2D eigenvalue weighted by atomic mass is 16.3. The topological polar surface area (TPSA) is 44.1 Å². The number of benzene rings is 2. The minimum Gasteiger partial charge on any atom is -0.872 e. The van der Waals surface area contributed by atoms with E-state index in [4.69, 9.17) is 0 Å². The number of pyridine rings is 1. The minimum absolute atomic E-state index is 0.0305. The van der Waals surface area contributed by atoms with Crippen LogP contribution in [0.4, 0.5) is 0 Å². The molecule has 0 fully saturated rings. The number of nitrogens with zero attached hydrogens (tertiary/aromatic N) is 3. The SMILES string of the molecule is Cn1cc(CCN(Cc2ccccn2)Cc2cc(C(C)(C)C)cc(C(C)(C)C)c2[O-])c2ccccc21. The zero-order valence-electron chi connectivity index (χ0n) is 22.9. The predicted molar refractivity (Wildman–Crippen MR) is 148 cm³/mol. The van der Waals surface area contributed by atoms with Crippen molar-refractivity contribution in [2.24, 2.45) is 7.05 Å². The number of fused-ring (bicyclic) bond motifs is 1. The van der Waals surface area contributed by atoms with E-state index >= 15 is 0 Å². The lowest BCUT2D eigenvalue weighted by Gasteiger charge is -2.34. The zero-order valence-corrected chi connectivity index (χ0v) is 22.9. The Morgan fingerprint density at radius 1 is 0.861 bits per heavy atom. The molecule has 0 saturated carbocycles. The van der Waals surface area contributed by atoms with Gasteiger partial charge in [-0.1, -0.05) is 77.9 Å². The van der Waals surface area contributed by atoms with Gasteiger partial charge in [-0.05, 0) is 57.7 Å². The zero-order chi connectivity index (χ0) is 26.1. The summed E-state index contributed by atoms with van der Waals surface area (Å²) in [5.41, 5.74) is 6.36. The number of hydrogen-bond donors (Lipinski definition) is 0. The van der Waals surface area contributed by atoms with Gasteiger partial charge < -0.3 is 9.67 Å². The highest BCUT2D eigenvalue weighted by molar-refractivity contribution is 5.83. The van der Waals surface area contributed by atoms with Crippen molar-refractivity contribution in [2.45, 2.75) is 71.9 Å². The molecule has 0 atom stereocenters. The number of aromatic nitrogens is 2. The van der Waals surface area contributed by atoms with Crippen LogP contribution in [-0.4, -0.2) is 21.0 Å². The summed E-state index contributed by atoms with van der Waals surface area (Å²) in [6.45, 7) is 15.2. The Kier molecular flexibility index (Phi) is 7.28. The Morgan fingerprint density at radius 3 is 2.25 bits per heavy atom. The molecule has 2 heterocycles. The molecule has 0 aliphatic carbocycles. The smallest absolute Gasteiger partial charge is 0.0544 e. The van der Waals surface area contributed by atoms with Crippen LogP contribution in [0.25, 0.3) is 10.9 Å². The molecule has 0 spiro atoms. The summed E-state index contributed by atoms with van der Waals surface area (Å²) in [4.78, 5) is 6.96. The van der Waals surface area contributed by atoms with Gasteiger partial charge in [0.25, 0.3) is 0 Å². The Morgan fingerprint density at radius 2 is 1.58 bits per heavy atom. The van der Waals surface area contributed by atoms with Gasteiger partial charge in [0.05, 0.1) is 5.69 Å². The number of aryl methyl sites for hydroxylation is 1. The molecule has 0 unspecified atom stereocenters. The molecule has 190 valence electrons. The molecule has 4 rings (SSSR count). The maximum absolute atomic E-state index is 13.7. The fraction of sp³-hybridized carbons (Fsp3) is 0.406. The van der Waals surface area contributed by atoms with Crippen LogP contribution in [0.2, 0.25) is 0 Å². The van der Waals surface area contributed by atoms with E-state index in [1.54, 1.807) is 0 Å². The van der Waals surface area contributed by atoms with Crippen molar-refractivity contribution in [3.8, 4) is 5.75 Å². The maximum Gasteiger partial charge on any atom is 0.0544 e. The number of rotatable bonds is 7. The summed E-state index contributed by atoms with van der Waals surface area (Å²) in [6.07, 6.45) is 4.99. The van der Waals surface area contributed by atoms with Gasteiger partial charge in [-0.2, -0.15) is 0 Å². The van der Waals surface area contributed by atoms with Gasteiger partial charge >= 0.3 is 0 Å². The van der Waals surface area contributed by atoms with E-state index in [-0.39, 0.29) is 16.6 Å². The first-order valence-corrected chi connectivity index (χ1v) is 12.9. The quantitative estimate of drug-likeness (QED) is 0.302. The molecule has 0 radical (unpaired) electrons. The largest absolute Gasteiger partial charge is 0.872 e. The molecular formula is C32H40N3O-. The predicted octanol–water partition coefficient (Wildman–Crippen LogP) is 6.49.